The highest BCUT2D eigenvalue weighted by atomic mass is 19.1. The van der Waals surface area contributed by atoms with Crippen molar-refractivity contribution in [3.05, 3.63) is 71.4 Å². The minimum atomic E-state index is -0.785. The molecular formula is C18H13F2N3O3. The number of anilines is 1. The Bertz CT molecular complexity index is 910. The van der Waals surface area contributed by atoms with E-state index in [0.29, 0.717) is 10.6 Å². The van der Waals surface area contributed by atoms with Gasteiger partial charge in [0.15, 0.2) is 0 Å². The van der Waals surface area contributed by atoms with E-state index in [1.165, 1.54) is 48.5 Å². The largest absolute Gasteiger partial charge is 0.329 e. The molecule has 0 atom stereocenters. The van der Waals surface area contributed by atoms with Crippen LogP contribution in [-0.2, 0) is 9.59 Å². The molecule has 2 N–H and O–H groups in total. The van der Waals surface area contributed by atoms with Crippen LogP contribution < -0.4 is 10.6 Å². The Morgan fingerprint density at radius 3 is 2.46 bits per heavy atom. The first-order chi connectivity index (χ1) is 12.4. The van der Waals surface area contributed by atoms with Crippen LogP contribution in [0.4, 0.5) is 19.3 Å². The molecule has 0 unspecified atom stereocenters. The van der Waals surface area contributed by atoms with Crippen molar-refractivity contribution in [2.24, 2.45) is 0 Å². The van der Waals surface area contributed by atoms with Gasteiger partial charge in [0.2, 0.25) is 5.91 Å². The van der Waals surface area contributed by atoms with Crippen molar-refractivity contribution in [1.82, 2.24) is 10.2 Å². The summed E-state index contributed by atoms with van der Waals surface area (Å²) < 4.78 is 26.5. The van der Waals surface area contributed by atoms with Gasteiger partial charge in [0.05, 0.1) is 0 Å². The smallest absolute Gasteiger partial charge is 0.325 e. The molecule has 1 aliphatic rings. The summed E-state index contributed by atoms with van der Waals surface area (Å²) >= 11 is 0. The number of imide groups is 1. The molecule has 0 bridgehead atoms. The Kier molecular flexibility index (Phi) is 4.74. The Labute approximate surface area is 147 Å². The summed E-state index contributed by atoms with van der Waals surface area (Å²) in [5, 5.41) is 4.76. The molecule has 26 heavy (non-hydrogen) atoms. The molecule has 1 aliphatic heterocycles. The molecule has 4 amide bonds. The highest BCUT2D eigenvalue weighted by Crippen LogP contribution is 2.16. The molecule has 132 valence electrons. The lowest BCUT2D eigenvalue weighted by Gasteiger charge is -2.11. The summed E-state index contributed by atoms with van der Waals surface area (Å²) in [5.41, 5.74) is 0.328. The fourth-order valence-corrected chi connectivity index (χ4v) is 2.34. The number of carbonyl (C=O) groups excluding carboxylic acids is 3. The van der Waals surface area contributed by atoms with Gasteiger partial charge < -0.3 is 10.6 Å². The normalized spacial score (nSPS) is 15.3. The topological polar surface area (TPSA) is 78.5 Å². The summed E-state index contributed by atoms with van der Waals surface area (Å²) in [6.45, 7) is -0.531. The molecule has 0 aromatic heterocycles. The number of rotatable bonds is 4. The molecular weight excluding hydrogens is 344 g/mol. The lowest BCUT2D eigenvalue weighted by Crippen LogP contribution is -2.38. The number of hydrogen-bond acceptors (Lipinski definition) is 3. The maximum atomic E-state index is 13.7. The first-order valence-electron chi connectivity index (χ1n) is 7.58. The van der Waals surface area contributed by atoms with Crippen LogP contribution in [0.3, 0.4) is 0 Å². The first kappa shape index (κ1) is 17.3. The van der Waals surface area contributed by atoms with Gasteiger partial charge in [-0.2, -0.15) is 0 Å². The van der Waals surface area contributed by atoms with Gasteiger partial charge >= 0.3 is 6.03 Å². The van der Waals surface area contributed by atoms with Gasteiger partial charge in [0, 0.05) is 11.3 Å². The Morgan fingerprint density at radius 2 is 1.77 bits per heavy atom. The van der Waals surface area contributed by atoms with Crippen LogP contribution in [0, 0.1) is 11.6 Å². The van der Waals surface area contributed by atoms with Crippen LogP contribution in [0.1, 0.15) is 5.56 Å². The van der Waals surface area contributed by atoms with Crippen molar-refractivity contribution in [2.75, 3.05) is 11.9 Å². The number of nitrogens with one attached hydrogen (secondary N) is 2. The van der Waals surface area contributed by atoms with Gasteiger partial charge in [-0.25, -0.2) is 18.5 Å². The number of halogens is 2. The summed E-state index contributed by atoms with van der Waals surface area (Å²) in [5.74, 6) is -2.38. The van der Waals surface area contributed by atoms with Crippen molar-refractivity contribution in [1.29, 1.82) is 0 Å². The third-order valence-corrected chi connectivity index (χ3v) is 3.60. The van der Waals surface area contributed by atoms with Crippen molar-refractivity contribution >= 4 is 29.6 Å². The van der Waals surface area contributed by atoms with Crippen molar-refractivity contribution < 1.29 is 23.2 Å². The standard InChI is InChI=1S/C18H13F2N3O3/c19-12-5-7-13(8-6-12)21-16(24)10-23-17(25)15(22-18(23)26)9-11-3-1-2-4-14(11)20/h1-9H,10H2,(H,21,24)(H,22,26)/b15-9-. The predicted octanol–water partition coefficient (Wildman–Crippen LogP) is 2.50. The molecule has 3 rings (SSSR count). The van der Waals surface area contributed by atoms with Crippen LogP contribution in [0.5, 0.6) is 0 Å². The summed E-state index contributed by atoms with van der Waals surface area (Å²) in [4.78, 5) is 36.9. The van der Waals surface area contributed by atoms with Crippen molar-refractivity contribution in [3.63, 3.8) is 0 Å². The van der Waals surface area contributed by atoms with E-state index in [9.17, 15) is 23.2 Å². The Balaban J connectivity index is 1.70. The van der Waals surface area contributed by atoms with E-state index >= 15 is 0 Å². The van der Waals surface area contributed by atoms with Gasteiger partial charge in [-0.05, 0) is 36.4 Å². The van der Waals surface area contributed by atoms with Crippen LogP contribution in [0.2, 0.25) is 0 Å². The number of carbonyl (C=O) groups is 3. The SMILES string of the molecule is O=C(CN1C(=O)N/C(=C\c2ccccc2F)C1=O)Nc1ccc(F)cc1. The fourth-order valence-electron chi connectivity index (χ4n) is 2.34. The third kappa shape index (κ3) is 3.75. The molecule has 0 saturated carbocycles. The zero-order valence-electron chi connectivity index (χ0n) is 13.3. The minimum Gasteiger partial charge on any atom is -0.325 e. The van der Waals surface area contributed by atoms with Gasteiger partial charge in [-0.1, -0.05) is 18.2 Å². The van der Waals surface area contributed by atoms with Crippen LogP contribution >= 0.6 is 0 Å². The van der Waals surface area contributed by atoms with E-state index in [-0.39, 0.29) is 11.3 Å². The molecule has 6 nitrogen and oxygen atoms in total. The van der Waals surface area contributed by atoms with Crippen LogP contribution in [0.15, 0.2) is 54.2 Å². The van der Waals surface area contributed by atoms with E-state index in [4.69, 9.17) is 0 Å². The highest BCUT2D eigenvalue weighted by Gasteiger charge is 2.35. The van der Waals surface area contributed by atoms with E-state index in [1.807, 2.05) is 0 Å². The van der Waals surface area contributed by atoms with E-state index in [0.717, 1.165) is 0 Å². The molecule has 1 heterocycles. The maximum Gasteiger partial charge on any atom is 0.329 e. The van der Waals surface area contributed by atoms with E-state index < -0.39 is 36.0 Å². The quantitative estimate of drug-likeness (QED) is 0.652. The van der Waals surface area contributed by atoms with Gasteiger partial charge in [-0.3, -0.25) is 9.59 Å². The minimum absolute atomic E-state index is 0.130. The average Bonchev–Trinajstić information content (AvgIpc) is 2.86. The second-order valence-electron chi connectivity index (χ2n) is 5.46. The van der Waals surface area contributed by atoms with Crippen LogP contribution in [-0.4, -0.2) is 29.3 Å². The second-order valence-corrected chi connectivity index (χ2v) is 5.46. The predicted molar refractivity (Wildman–Crippen MR) is 89.7 cm³/mol. The van der Waals surface area contributed by atoms with Crippen LogP contribution in [0.25, 0.3) is 6.08 Å². The molecule has 2 aromatic rings. The molecule has 0 spiro atoms. The van der Waals surface area contributed by atoms with Crippen molar-refractivity contribution in [2.45, 2.75) is 0 Å². The number of amides is 4. The number of benzene rings is 2. The summed E-state index contributed by atoms with van der Waals surface area (Å²) in [6, 6.07) is 10.0. The molecule has 1 fully saturated rings. The molecule has 0 radical (unpaired) electrons. The Morgan fingerprint density at radius 1 is 1.08 bits per heavy atom. The molecule has 0 aliphatic carbocycles. The van der Waals surface area contributed by atoms with Gasteiger partial charge in [0.1, 0.15) is 23.9 Å². The van der Waals surface area contributed by atoms with E-state index in [2.05, 4.69) is 10.6 Å². The number of urea groups is 1. The Hall–Kier alpha value is -3.55. The lowest BCUT2D eigenvalue weighted by molar-refractivity contribution is -0.127. The van der Waals surface area contributed by atoms with Gasteiger partial charge in [-0.15, -0.1) is 0 Å². The highest BCUT2D eigenvalue weighted by molar-refractivity contribution is 6.15. The first-order valence-corrected chi connectivity index (χ1v) is 7.58. The average molecular weight is 357 g/mol. The zero-order valence-corrected chi connectivity index (χ0v) is 13.3. The molecule has 1 saturated heterocycles. The lowest BCUT2D eigenvalue weighted by atomic mass is 10.2. The van der Waals surface area contributed by atoms with Crippen molar-refractivity contribution in [3.8, 4) is 0 Å². The number of hydrogen-bond donors (Lipinski definition) is 2. The maximum absolute atomic E-state index is 13.7. The monoisotopic (exact) mass is 357 g/mol. The molecule has 2 aromatic carbocycles. The third-order valence-electron chi connectivity index (χ3n) is 3.60. The zero-order chi connectivity index (χ0) is 18.7. The number of nitrogens with zero attached hydrogens (tertiary/aromatic N) is 1. The summed E-state index contributed by atoms with van der Waals surface area (Å²) in [7, 11) is 0. The fraction of sp³-hybridized carbons (Fsp3) is 0.0556. The van der Waals surface area contributed by atoms with E-state index in [1.54, 1.807) is 6.07 Å². The second kappa shape index (κ2) is 7.14. The summed E-state index contributed by atoms with van der Waals surface area (Å²) in [6.07, 6.45) is 1.20. The van der Waals surface area contributed by atoms with Gasteiger partial charge in [0.25, 0.3) is 5.91 Å². The molecule has 8 heteroatoms.